The molecule has 1 atom stereocenters. The van der Waals surface area contributed by atoms with Gasteiger partial charge in [-0.05, 0) is 44.3 Å². The Morgan fingerprint density at radius 2 is 1.82 bits per heavy atom. The predicted molar refractivity (Wildman–Crippen MR) is 91.4 cm³/mol. The van der Waals surface area contributed by atoms with Crippen LogP contribution < -0.4 is 4.74 Å². The highest BCUT2D eigenvalue weighted by Crippen LogP contribution is 2.31. The van der Waals surface area contributed by atoms with Crippen molar-refractivity contribution in [1.29, 1.82) is 0 Å². The van der Waals surface area contributed by atoms with Crippen molar-refractivity contribution < 1.29 is 9.47 Å². The summed E-state index contributed by atoms with van der Waals surface area (Å²) < 4.78 is 11.4. The SMILES string of the molecule is COC(C)c1cccc(-c2ccccc2OCCN(C)C)c1. The molecule has 22 heavy (non-hydrogen) atoms. The van der Waals surface area contributed by atoms with E-state index in [1.165, 1.54) is 5.56 Å². The second-order valence-electron chi connectivity index (χ2n) is 5.65. The van der Waals surface area contributed by atoms with E-state index >= 15 is 0 Å². The summed E-state index contributed by atoms with van der Waals surface area (Å²) in [6.45, 7) is 3.63. The first kappa shape index (κ1) is 16.5. The molecule has 0 fully saturated rings. The average Bonchev–Trinajstić information content (AvgIpc) is 2.54. The molecular weight excluding hydrogens is 274 g/mol. The third-order valence-electron chi connectivity index (χ3n) is 3.70. The summed E-state index contributed by atoms with van der Waals surface area (Å²) in [5.74, 6) is 0.923. The Hall–Kier alpha value is -1.84. The van der Waals surface area contributed by atoms with Crippen molar-refractivity contribution in [1.82, 2.24) is 4.90 Å². The first-order valence-electron chi connectivity index (χ1n) is 7.61. The van der Waals surface area contributed by atoms with Gasteiger partial charge in [-0.2, -0.15) is 0 Å². The molecule has 1 unspecified atom stereocenters. The maximum atomic E-state index is 5.96. The van der Waals surface area contributed by atoms with E-state index < -0.39 is 0 Å². The number of hydrogen-bond acceptors (Lipinski definition) is 3. The number of likely N-dealkylation sites (N-methyl/N-ethyl adjacent to an activating group) is 1. The van der Waals surface area contributed by atoms with E-state index in [-0.39, 0.29) is 6.10 Å². The summed E-state index contributed by atoms with van der Waals surface area (Å²) in [4.78, 5) is 2.11. The molecule has 0 saturated heterocycles. The molecule has 2 aromatic carbocycles. The second kappa shape index (κ2) is 7.97. The summed E-state index contributed by atoms with van der Waals surface area (Å²) in [6, 6.07) is 16.6. The second-order valence-corrected chi connectivity index (χ2v) is 5.65. The summed E-state index contributed by atoms with van der Waals surface area (Å²) in [5, 5.41) is 0. The van der Waals surface area contributed by atoms with E-state index in [9.17, 15) is 0 Å². The molecule has 3 heteroatoms. The number of rotatable bonds is 7. The number of benzene rings is 2. The monoisotopic (exact) mass is 299 g/mol. The zero-order chi connectivity index (χ0) is 15.9. The van der Waals surface area contributed by atoms with Gasteiger partial charge in [-0.3, -0.25) is 0 Å². The highest BCUT2D eigenvalue weighted by Gasteiger charge is 2.09. The Morgan fingerprint density at radius 1 is 1.05 bits per heavy atom. The van der Waals surface area contributed by atoms with Crippen molar-refractivity contribution >= 4 is 0 Å². The molecule has 0 spiro atoms. The van der Waals surface area contributed by atoms with Crippen molar-refractivity contribution in [3.63, 3.8) is 0 Å². The third-order valence-corrected chi connectivity index (χ3v) is 3.70. The minimum absolute atomic E-state index is 0.0850. The summed E-state index contributed by atoms with van der Waals surface area (Å²) in [6.07, 6.45) is 0.0850. The van der Waals surface area contributed by atoms with E-state index in [2.05, 4.69) is 42.2 Å². The number of ether oxygens (including phenoxy) is 2. The lowest BCUT2D eigenvalue weighted by atomic mass is 10.0. The van der Waals surface area contributed by atoms with Crippen molar-refractivity contribution in [2.24, 2.45) is 0 Å². The highest BCUT2D eigenvalue weighted by atomic mass is 16.5. The zero-order valence-corrected chi connectivity index (χ0v) is 13.9. The summed E-state index contributed by atoms with van der Waals surface area (Å²) in [5.41, 5.74) is 3.44. The van der Waals surface area contributed by atoms with E-state index in [1.54, 1.807) is 7.11 Å². The molecule has 0 amide bonds. The van der Waals surface area contributed by atoms with Crippen molar-refractivity contribution in [2.75, 3.05) is 34.4 Å². The Morgan fingerprint density at radius 3 is 2.55 bits per heavy atom. The molecule has 2 rings (SSSR count). The largest absolute Gasteiger partial charge is 0.492 e. The van der Waals surface area contributed by atoms with Crippen LogP contribution in [0.1, 0.15) is 18.6 Å². The molecule has 0 N–H and O–H groups in total. The van der Waals surface area contributed by atoms with Crippen molar-refractivity contribution in [2.45, 2.75) is 13.0 Å². The molecule has 118 valence electrons. The van der Waals surface area contributed by atoms with Gasteiger partial charge in [0.1, 0.15) is 12.4 Å². The molecule has 0 heterocycles. The smallest absolute Gasteiger partial charge is 0.127 e. The fourth-order valence-electron chi connectivity index (χ4n) is 2.26. The van der Waals surface area contributed by atoms with Crippen LogP contribution >= 0.6 is 0 Å². The van der Waals surface area contributed by atoms with Crippen LogP contribution in [0, 0.1) is 0 Å². The van der Waals surface area contributed by atoms with Crippen LogP contribution in [0.5, 0.6) is 5.75 Å². The van der Waals surface area contributed by atoms with Crippen LogP contribution in [0.2, 0.25) is 0 Å². The third kappa shape index (κ3) is 4.33. The lowest BCUT2D eigenvalue weighted by Gasteiger charge is -2.15. The lowest BCUT2D eigenvalue weighted by Crippen LogP contribution is -2.19. The van der Waals surface area contributed by atoms with E-state index in [0.29, 0.717) is 6.61 Å². The maximum absolute atomic E-state index is 5.96. The van der Waals surface area contributed by atoms with Crippen LogP contribution in [0.3, 0.4) is 0 Å². The standard InChI is InChI=1S/C19H25NO2/c1-15(21-4)16-8-7-9-17(14-16)18-10-5-6-11-19(18)22-13-12-20(2)3/h5-11,14-15H,12-13H2,1-4H3. The van der Waals surface area contributed by atoms with Crippen LogP contribution in [-0.2, 0) is 4.74 Å². The van der Waals surface area contributed by atoms with Crippen molar-refractivity contribution in [3.05, 3.63) is 54.1 Å². The zero-order valence-electron chi connectivity index (χ0n) is 13.9. The van der Waals surface area contributed by atoms with E-state index in [0.717, 1.165) is 23.4 Å². The summed E-state index contributed by atoms with van der Waals surface area (Å²) in [7, 11) is 5.82. The molecule has 0 bridgehead atoms. The molecule has 0 aliphatic rings. The van der Waals surface area contributed by atoms with E-state index in [1.807, 2.05) is 32.3 Å². The molecule has 0 aromatic heterocycles. The van der Waals surface area contributed by atoms with Crippen molar-refractivity contribution in [3.8, 4) is 16.9 Å². The van der Waals surface area contributed by atoms with E-state index in [4.69, 9.17) is 9.47 Å². The normalized spacial score (nSPS) is 12.4. The number of para-hydroxylation sites is 1. The molecule has 2 aromatic rings. The quantitative estimate of drug-likeness (QED) is 0.771. The fraction of sp³-hybridized carbons (Fsp3) is 0.368. The Bertz CT molecular complexity index is 595. The van der Waals surface area contributed by atoms with Crippen LogP contribution in [0.15, 0.2) is 48.5 Å². The highest BCUT2D eigenvalue weighted by molar-refractivity contribution is 5.71. The minimum Gasteiger partial charge on any atom is -0.492 e. The lowest BCUT2D eigenvalue weighted by molar-refractivity contribution is 0.119. The van der Waals surface area contributed by atoms with Gasteiger partial charge in [0.2, 0.25) is 0 Å². The van der Waals surface area contributed by atoms with Gasteiger partial charge in [0.15, 0.2) is 0 Å². The van der Waals surface area contributed by atoms with Crippen LogP contribution in [-0.4, -0.2) is 39.3 Å². The van der Waals surface area contributed by atoms with Gasteiger partial charge < -0.3 is 14.4 Å². The number of hydrogen-bond donors (Lipinski definition) is 0. The number of methoxy groups -OCH3 is 1. The van der Waals surface area contributed by atoms with Gasteiger partial charge in [-0.1, -0.05) is 36.4 Å². The predicted octanol–water partition coefficient (Wildman–Crippen LogP) is 4.00. The fourth-order valence-corrected chi connectivity index (χ4v) is 2.26. The van der Waals surface area contributed by atoms with Gasteiger partial charge in [0.05, 0.1) is 6.10 Å². The molecule has 0 radical (unpaired) electrons. The van der Waals surface area contributed by atoms with Gasteiger partial charge in [-0.25, -0.2) is 0 Å². The topological polar surface area (TPSA) is 21.7 Å². The van der Waals surface area contributed by atoms with Crippen LogP contribution in [0.4, 0.5) is 0 Å². The van der Waals surface area contributed by atoms with Gasteiger partial charge in [0, 0.05) is 19.2 Å². The summed E-state index contributed by atoms with van der Waals surface area (Å²) >= 11 is 0. The molecular formula is C19H25NO2. The van der Waals surface area contributed by atoms with Gasteiger partial charge in [-0.15, -0.1) is 0 Å². The average molecular weight is 299 g/mol. The van der Waals surface area contributed by atoms with Gasteiger partial charge in [0.25, 0.3) is 0 Å². The number of nitrogens with zero attached hydrogens (tertiary/aromatic N) is 1. The Balaban J connectivity index is 2.25. The molecule has 3 nitrogen and oxygen atoms in total. The molecule has 0 saturated carbocycles. The first-order valence-corrected chi connectivity index (χ1v) is 7.61. The van der Waals surface area contributed by atoms with Crippen LogP contribution in [0.25, 0.3) is 11.1 Å². The molecule has 0 aliphatic heterocycles. The Labute approximate surface area is 133 Å². The van der Waals surface area contributed by atoms with Gasteiger partial charge >= 0.3 is 0 Å². The minimum atomic E-state index is 0.0850. The maximum Gasteiger partial charge on any atom is 0.127 e. The molecule has 0 aliphatic carbocycles. The first-order chi connectivity index (χ1) is 10.6. The Kier molecular flexibility index (Phi) is 5.99.